The largest absolute Gasteiger partial charge is 0.419 e. The van der Waals surface area contributed by atoms with Gasteiger partial charge in [0.2, 0.25) is 11.8 Å². The molecule has 166 valence electrons. The first-order valence-corrected chi connectivity index (χ1v) is 10.0. The Bertz CT molecular complexity index is 1280. The lowest BCUT2D eigenvalue weighted by Crippen LogP contribution is -2.24. The Balaban J connectivity index is 1.36. The number of amides is 2. The van der Waals surface area contributed by atoms with Crippen molar-refractivity contribution in [1.29, 1.82) is 0 Å². The highest BCUT2D eigenvalue weighted by molar-refractivity contribution is 5.96. The van der Waals surface area contributed by atoms with E-state index in [-0.39, 0.29) is 47.4 Å². The lowest BCUT2D eigenvalue weighted by atomic mass is 10.2. The van der Waals surface area contributed by atoms with E-state index >= 15 is 0 Å². The van der Waals surface area contributed by atoms with Crippen LogP contribution < -0.4 is 16.0 Å². The quantitative estimate of drug-likeness (QED) is 0.442. The average molecular weight is 442 g/mol. The number of carbonyl (C=O) groups excluding carboxylic acids is 2. The van der Waals surface area contributed by atoms with Gasteiger partial charge in [-0.3, -0.25) is 24.3 Å². The molecule has 2 amide bonds. The molecule has 1 aliphatic heterocycles. The van der Waals surface area contributed by atoms with Crippen LogP contribution in [0.3, 0.4) is 0 Å². The first-order valence-electron chi connectivity index (χ1n) is 10.0. The highest BCUT2D eigenvalue weighted by Crippen LogP contribution is 2.27. The number of anilines is 2. The number of oxazole rings is 1. The maximum atomic E-state index is 14.4. The van der Waals surface area contributed by atoms with Crippen molar-refractivity contribution in [3.05, 3.63) is 62.9 Å². The van der Waals surface area contributed by atoms with Gasteiger partial charge in [0, 0.05) is 37.7 Å². The fraction of sp³-hybridized carbons (Fsp3) is 0.286. The fourth-order valence-electron chi connectivity index (χ4n) is 3.71. The second kappa shape index (κ2) is 8.61. The van der Waals surface area contributed by atoms with Crippen molar-refractivity contribution in [2.24, 2.45) is 0 Å². The van der Waals surface area contributed by atoms with Crippen molar-refractivity contribution in [1.82, 2.24) is 4.57 Å². The van der Waals surface area contributed by atoms with Crippen molar-refractivity contribution >= 4 is 40.0 Å². The molecule has 0 saturated carbocycles. The number of aromatic nitrogens is 1. The summed E-state index contributed by atoms with van der Waals surface area (Å²) in [6.07, 6.45) is 1.42. The third kappa shape index (κ3) is 4.22. The Kier molecular flexibility index (Phi) is 5.71. The minimum Gasteiger partial charge on any atom is -0.407 e. The van der Waals surface area contributed by atoms with Gasteiger partial charge in [0.25, 0.3) is 5.69 Å². The molecule has 4 rings (SSSR count). The lowest BCUT2D eigenvalue weighted by Gasteiger charge is -2.17. The van der Waals surface area contributed by atoms with Crippen molar-refractivity contribution in [2.45, 2.75) is 32.2 Å². The number of carbonyl (C=O) groups is 2. The Morgan fingerprint density at radius 1 is 1.22 bits per heavy atom. The van der Waals surface area contributed by atoms with Gasteiger partial charge in [-0.05, 0) is 37.1 Å². The molecule has 32 heavy (non-hydrogen) atoms. The monoisotopic (exact) mass is 442 g/mol. The number of halogens is 1. The third-order valence-electron chi connectivity index (χ3n) is 5.24. The molecule has 11 heteroatoms. The predicted octanol–water partition coefficient (Wildman–Crippen LogP) is 3.19. The van der Waals surface area contributed by atoms with Gasteiger partial charge in [0.05, 0.1) is 22.2 Å². The number of hydrogen-bond donors (Lipinski definition) is 1. The summed E-state index contributed by atoms with van der Waals surface area (Å²) in [5.41, 5.74) is 0.763. The smallest absolute Gasteiger partial charge is 0.407 e. The van der Waals surface area contributed by atoms with Gasteiger partial charge in [0.1, 0.15) is 5.82 Å². The number of hydrogen-bond acceptors (Lipinski definition) is 6. The van der Waals surface area contributed by atoms with Crippen LogP contribution in [-0.2, 0) is 16.1 Å². The van der Waals surface area contributed by atoms with Gasteiger partial charge in [0.15, 0.2) is 5.58 Å². The summed E-state index contributed by atoms with van der Waals surface area (Å²) >= 11 is 0. The van der Waals surface area contributed by atoms with E-state index in [1.54, 1.807) is 0 Å². The zero-order valence-corrected chi connectivity index (χ0v) is 16.9. The van der Waals surface area contributed by atoms with Crippen molar-refractivity contribution in [3.8, 4) is 0 Å². The molecule has 0 atom stereocenters. The molecule has 10 nitrogen and oxygen atoms in total. The van der Waals surface area contributed by atoms with E-state index in [0.717, 1.165) is 0 Å². The molecular formula is C21H19FN4O6. The summed E-state index contributed by atoms with van der Waals surface area (Å²) in [5, 5.41) is 13.4. The number of aryl methyl sites for hydroxylation is 1. The van der Waals surface area contributed by atoms with Gasteiger partial charge in [-0.25, -0.2) is 9.18 Å². The molecular weight excluding hydrogens is 423 g/mol. The number of nitrogens with one attached hydrogen (secondary N) is 1. The summed E-state index contributed by atoms with van der Waals surface area (Å²) in [6, 6.07) is 8.03. The highest BCUT2D eigenvalue weighted by Gasteiger charge is 2.24. The molecule has 3 aromatic rings. The number of benzene rings is 2. The van der Waals surface area contributed by atoms with Gasteiger partial charge in [-0.1, -0.05) is 0 Å². The van der Waals surface area contributed by atoms with Crippen LogP contribution in [0.5, 0.6) is 0 Å². The van der Waals surface area contributed by atoms with Crippen molar-refractivity contribution in [3.63, 3.8) is 0 Å². The molecule has 0 bridgehead atoms. The predicted molar refractivity (Wildman–Crippen MR) is 113 cm³/mol. The van der Waals surface area contributed by atoms with Crippen LogP contribution in [0.15, 0.2) is 45.6 Å². The second-order valence-corrected chi connectivity index (χ2v) is 7.40. The first-order chi connectivity index (χ1) is 15.3. The van der Waals surface area contributed by atoms with Crippen LogP contribution in [0, 0.1) is 15.9 Å². The minimum absolute atomic E-state index is 0.0556. The minimum atomic E-state index is -0.671. The van der Waals surface area contributed by atoms with Crippen molar-refractivity contribution < 1.29 is 23.3 Å². The van der Waals surface area contributed by atoms with Gasteiger partial charge >= 0.3 is 5.76 Å². The molecule has 1 aromatic heterocycles. The summed E-state index contributed by atoms with van der Waals surface area (Å²) in [7, 11) is 0. The number of nitrogens with zero attached hydrogens (tertiary/aromatic N) is 3. The SMILES string of the molecule is O=C(CCCn1c(=O)oc2cc([N+](=O)[O-])ccc21)Nc1ccc(N2CCCC2=O)c(F)c1. The molecule has 1 aliphatic rings. The Hall–Kier alpha value is -4.02. The van der Waals surface area contributed by atoms with Crippen LogP contribution in [0.4, 0.5) is 21.5 Å². The first kappa shape index (κ1) is 21.2. The van der Waals surface area contributed by atoms with Gasteiger partial charge < -0.3 is 14.6 Å². The molecule has 2 heterocycles. The number of nitro groups is 1. The normalized spacial score (nSPS) is 13.7. The molecule has 2 aromatic carbocycles. The van der Waals surface area contributed by atoms with Crippen LogP contribution in [0.25, 0.3) is 11.1 Å². The summed E-state index contributed by atoms with van der Waals surface area (Å²) < 4.78 is 20.7. The zero-order valence-electron chi connectivity index (χ0n) is 16.9. The fourth-order valence-corrected chi connectivity index (χ4v) is 3.71. The van der Waals surface area contributed by atoms with Crippen LogP contribution in [0.2, 0.25) is 0 Å². The van der Waals surface area contributed by atoms with Gasteiger partial charge in [-0.15, -0.1) is 0 Å². The van der Waals surface area contributed by atoms with E-state index in [1.165, 1.54) is 45.9 Å². The average Bonchev–Trinajstić information content (AvgIpc) is 3.30. The molecule has 0 unspecified atom stereocenters. The molecule has 1 N–H and O–H groups in total. The summed E-state index contributed by atoms with van der Waals surface area (Å²) in [6.45, 7) is 0.637. The van der Waals surface area contributed by atoms with E-state index in [2.05, 4.69) is 5.32 Å². The second-order valence-electron chi connectivity index (χ2n) is 7.40. The van der Waals surface area contributed by atoms with E-state index in [1.807, 2.05) is 0 Å². The maximum Gasteiger partial charge on any atom is 0.419 e. The Labute approximate surface area is 180 Å². The van der Waals surface area contributed by atoms with Crippen molar-refractivity contribution in [2.75, 3.05) is 16.8 Å². The summed E-state index contributed by atoms with van der Waals surface area (Å²) in [5.74, 6) is -1.76. The number of rotatable bonds is 7. The lowest BCUT2D eigenvalue weighted by molar-refractivity contribution is -0.384. The maximum absolute atomic E-state index is 14.4. The van der Waals surface area contributed by atoms with E-state index in [0.29, 0.717) is 31.3 Å². The highest BCUT2D eigenvalue weighted by atomic mass is 19.1. The Morgan fingerprint density at radius 2 is 2.03 bits per heavy atom. The summed E-state index contributed by atoms with van der Waals surface area (Å²) in [4.78, 5) is 47.7. The third-order valence-corrected chi connectivity index (χ3v) is 5.24. The van der Waals surface area contributed by atoms with Gasteiger partial charge in [-0.2, -0.15) is 0 Å². The molecule has 0 radical (unpaired) electrons. The topological polar surface area (TPSA) is 128 Å². The van der Waals surface area contributed by atoms with Crippen LogP contribution in [-0.4, -0.2) is 27.8 Å². The molecule has 0 spiro atoms. The number of non-ortho nitro benzene ring substituents is 1. The van der Waals surface area contributed by atoms with E-state index in [9.17, 15) is 28.9 Å². The molecule has 1 saturated heterocycles. The standard InChI is InChI=1S/C21H19FN4O6/c22-15-11-13(5-7-16(15)24-9-2-4-20(24)28)23-19(27)3-1-10-25-17-8-6-14(26(30)31)12-18(17)32-21(25)29/h5-8,11-12H,1-4,9-10H2,(H,23,27). The Morgan fingerprint density at radius 3 is 2.72 bits per heavy atom. The van der Waals surface area contributed by atoms with Crippen LogP contribution >= 0.6 is 0 Å². The van der Waals surface area contributed by atoms with E-state index < -0.39 is 16.5 Å². The van der Waals surface area contributed by atoms with E-state index in [4.69, 9.17) is 4.42 Å². The molecule has 0 aliphatic carbocycles. The van der Waals surface area contributed by atoms with Crippen LogP contribution in [0.1, 0.15) is 25.7 Å². The molecule has 1 fully saturated rings. The number of fused-ring (bicyclic) bond motifs is 1. The number of nitro benzene ring substituents is 1. The zero-order chi connectivity index (χ0) is 22.8.